The van der Waals surface area contributed by atoms with Gasteiger partial charge in [0.1, 0.15) is 5.75 Å². The van der Waals surface area contributed by atoms with Gasteiger partial charge in [0.15, 0.2) is 6.10 Å². The van der Waals surface area contributed by atoms with Crippen molar-refractivity contribution < 1.29 is 14.6 Å². The van der Waals surface area contributed by atoms with Crippen molar-refractivity contribution in [3.8, 4) is 5.75 Å². The fourth-order valence-corrected chi connectivity index (χ4v) is 1.82. The number of benzene rings is 1. The van der Waals surface area contributed by atoms with Crippen LogP contribution in [0.15, 0.2) is 24.3 Å². The molecule has 0 saturated carbocycles. The third-order valence-electron chi connectivity index (χ3n) is 3.18. The molecule has 18 heavy (non-hydrogen) atoms. The van der Waals surface area contributed by atoms with Crippen LogP contribution in [0.25, 0.3) is 0 Å². The van der Waals surface area contributed by atoms with Gasteiger partial charge >= 0.3 is 0 Å². The SMILES string of the molecule is CC(CO)N(C)C(=O)C1CNc2ccccc2O1. The molecule has 98 valence electrons. The number of amides is 1. The Kier molecular flexibility index (Phi) is 3.72. The molecular formula is C13H18N2O3. The maximum absolute atomic E-state index is 12.2. The molecule has 0 aliphatic carbocycles. The average molecular weight is 250 g/mol. The number of hydrogen-bond donors (Lipinski definition) is 2. The Morgan fingerprint density at radius 3 is 3.06 bits per heavy atom. The minimum absolute atomic E-state index is 0.0566. The number of carbonyl (C=O) groups is 1. The van der Waals surface area contributed by atoms with Crippen LogP contribution in [-0.2, 0) is 4.79 Å². The summed E-state index contributed by atoms with van der Waals surface area (Å²) in [5, 5.41) is 12.2. The molecule has 1 heterocycles. The number of ether oxygens (including phenoxy) is 1. The van der Waals surface area contributed by atoms with Gasteiger partial charge in [-0.1, -0.05) is 12.1 Å². The largest absolute Gasteiger partial charge is 0.477 e. The third-order valence-corrected chi connectivity index (χ3v) is 3.18. The molecule has 1 amide bonds. The van der Waals surface area contributed by atoms with E-state index in [4.69, 9.17) is 9.84 Å². The van der Waals surface area contributed by atoms with Gasteiger partial charge in [-0.05, 0) is 19.1 Å². The fourth-order valence-electron chi connectivity index (χ4n) is 1.82. The number of nitrogens with one attached hydrogen (secondary N) is 1. The van der Waals surface area contributed by atoms with E-state index in [2.05, 4.69) is 5.32 Å². The molecule has 2 unspecified atom stereocenters. The minimum Gasteiger partial charge on any atom is -0.477 e. The smallest absolute Gasteiger partial charge is 0.265 e. The van der Waals surface area contributed by atoms with Crippen LogP contribution in [0.1, 0.15) is 6.92 Å². The van der Waals surface area contributed by atoms with Crippen molar-refractivity contribution >= 4 is 11.6 Å². The number of fused-ring (bicyclic) bond motifs is 1. The Balaban J connectivity index is 2.07. The molecule has 5 nitrogen and oxygen atoms in total. The van der Waals surface area contributed by atoms with Gasteiger partial charge in [0.2, 0.25) is 0 Å². The second-order valence-electron chi connectivity index (χ2n) is 4.46. The van der Waals surface area contributed by atoms with Gasteiger partial charge < -0.3 is 20.1 Å². The summed E-state index contributed by atoms with van der Waals surface area (Å²) in [7, 11) is 1.67. The number of rotatable bonds is 3. The predicted octanol–water partition coefficient (Wildman–Crippen LogP) is 0.699. The Morgan fingerprint density at radius 1 is 1.61 bits per heavy atom. The highest BCUT2D eigenvalue weighted by molar-refractivity contribution is 5.83. The number of hydrogen-bond acceptors (Lipinski definition) is 4. The first-order chi connectivity index (χ1) is 8.63. The highest BCUT2D eigenvalue weighted by Crippen LogP contribution is 2.28. The quantitative estimate of drug-likeness (QED) is 0.829. The molecule has 2 N–H and O–H groups in total. The molecule has 2 rings (SSSR count). The first-order valence-corrected chi connectivity index (χ1v) is 6.00. The van der Waals surface area contributed by atoms with Crippen LogP contribution in [0, 0.1) is 0 Å². The van der Waals surface area contributed by atoms with E-state index >= 15 is 0 Å². The van der Waals surface area contributed by atoms with E-state index in [0.29, 0.717) is 12.3 Å². The van der Waals surface area contributed by atoms with E-state index in [1.54, 1.807) is 14.0 Å². The van der Waals surface area contributed by atoms with E-state index < -0.39 is 6.10 Å². The molecule has 1 aromatic rings. The Morgan fingerprint density at radius 2 is 2.33 bits per heavy atom. The summed E-state index contributed by atoms with van der Waals surface area (Å²) in [6.07, 6.45) is -0.543. The summed E-state index contributed by atoms with van der Waals surface area (Å²) >= 11 is 0. The number of carbonyl (C=O) groups excluding carboxylic acids is 1. The van der Waals surface area contributed by atoms with Gasteiger partial charge in [-0.2, -0.15) is 0 Å². The predicted molar refractivity (Wildman–Crippen MR) is 68.7 cm³/mol. The Labute approximate surface area is 106 Å². The van der Waals surface area contributed by atoms with Crippen molar-refractivity contribution in [2.45, 2.75) is 19.1 Å². The summed E-state index contributed by atoms with van der Waals surface area (Å²) in [5.41, 5.74) is 0.902. The van der Waals surface area contributed by atoms with Crippen molar-refractivity contribution in [3.63, 3.8) is 0 Å². The van der Waals surface area contributed by atoms with E-state index in [-0.39, 0.29) is 18.6 Å². The van der Waals surface area contributed by atoms with Crippen LogP contribution in [0.5, 0.6) is 5.75 Å². The minimum atomic E-state index is -0.543. The van der Waals surface area contributed by atoms with Crippen molar-refractivity contribution in [1.29, 1.82) is 0 Å². The molecule has 5 heteroatoms. The van der Waals surface area contributed by atoms with E-state index in [1.165, 1.54) is 4.90 Å². The zero-order chi connectivity index (χ0) is 13.1. The molecule has 0 fully saturated rings. The van der Waals surface area contributed by atoms with Gasteiger partial charge in [-0.3, -0.25) is 4.79 Å². The van der Waals surface area contributed by atoms with Crippen molar-refractivity contribution in [3.05, 3.63) is 24.3 Å². The molecular weight excluding hydrogens is 232 g/mol. The number of aliphatic hydroxyl groups is 1. The monoisotopic (exact) mass is 250 g/mol. The van der Waals surface area contributed by atoms with Crippen LogP contribution in [0.2, 0.25) is 0 Å². The first kappa shape index (κ1) is 12.7. The molecule has 0 radical (unpaired) electrons. The molecule has 0 aromatic heterocycles. The molecule has 1 aliphatic heterocycles. The average Bonchev–Trinajstić information content (AvgIpc) is 2.44. The molecule has 0 saturated heterocycles. The Hall–Kier alpha value is -1.75. The van der Waals surface area contributed by atoms with E-state index in [1.807, 2.05) is 24.3 Å². The lowest BCUT2D eigenvalue weighted by molar-refractivity contribution is -0.139. The van der Waals surface area contributed by atoms with Gasteiger partial charge in [0.05, 0.1) is 24.9 Å². The second-order valence-corrected chi connectivity index (χ2v) is 4.46. The van der Waals surface area contributed by atoms with Crippen LogP contribution in [0.3, 0.4) is 0 Å². The van der Waals surface area contributed by atoms with Gasteiger partial charge in [0.25, 0.3) is 5.91 Å². The normalized spacial score (nSPS) is 19.2. The van der Waals surface area contributed by atoms with Crippen LogP contribution in [0.4, 0.5) is 5.69 Å². The maximum Gasteiger partial charge on any atom is 0.265 e. The summed E-state index contributed by atoms with van der Waals surface area (Å²) in [6.45, 7) is 2.18. The molecule has 1 aliphatic rings. The third kappa shape index (κ3) is 2.41. The standard InChI is InChI=1S/C13H18N2O3/c1-9(8-16)15(2)13(17)12-7-14-10-5-3-4-6-11(10)18-12/h3-6,9,12,14,16H,7-8H2,1-2H3. The van der Waals surface area contributed by atoms with Gasteiger partial charge in [0, 0.05) is 7.05 Å². The number of nitrogens with zero attached hydrogens (tertiary/aromatic N) is 1. The summed E-state index contributed by atoms with van der Waals surface area (Å²) in [5.74, 6) is 0.561. The molecule has 0 bridgehead atoms. The van der Waals surface area contributed by atoms with Gasteiger partial charge in [-0.25, -0.2) is 0 Å². The summed E-state index contributed by atoms with van der Waals surface area (Å²) < 4.78 is 5.67. The molecule has 0 spiro atoms. The first-order valence-electron chi connectivity index (χ1n) is 6.00. The van der Waals surface area contributed by atoms with Gasteiger partial charge in [-0.15, -0.1) is 0 Å². The van der Waals surface area contributed by atoms with E-state index in [0.717, 1.165) is 5.69 Å². The topological polar surface area (TPSA) is 61.8 Å². The fraction of sp³-hybridized carbons (Fsp3) is 0.462. The highest BCUT2D eigenvalue weighted by atomic mass is 16.5. The van der Waals surface area contributed by atoms with Crippen molar-refractivity contribution in [2.24, 2.45) is 0 Å². The lowest BCUT2D eigenvalue weighted by Gasteiger charge is -2.31. The summed E-state index contributed by atoms with van der Waals surface area (Å²) in [6, 6.07) is 7.32. The second kappa shape index (κ2) is 5.27. The van der Waals surface area contributed by atoms with Crippen LogP contribution >= 0.6 is 0 Å². The lowest BCUT2D eigenvalue weighted by Crippen LogP contribution is -2.49. The van der Waals surface area contributed by atoms with E-state index in [9.17, 15) is 4.79 Å². The number of likely N-dealkylation sites (N-methyl/N-ethyl adjacent to an activating group) is 1. The lowest BCUT2D eigenvalue weighted by atomic mass is 10.2. The zero-order valence-electron chi connectivity index (χ0n) is 10.6. The van der Waals surface area contributed by atoms with Crippen molar-refractivity contribution in [2.75, 3.05) is 25.5 Å². The number of para-hydroxylation sites is 2. The number of anilines is 1. The van der Waals surface area contributed by atoms with Crippen molar-refractivity contribution in [1.82, 2.24) is 4.90 Å². The molecule has 1 aromatic carbocycles. The maximum atomic E-state index is 12.2. The Bertz CT molecular complexity index is 436. The van der Waals surface area contributed by atoms with Crippen LogP contribution < -0.4 is 10.1 Å². The molecule has 2 atom stereocenters. The highest BCUT2D eigenvalue weighted by Gasteiger charge is 2.29. The zero-order valence-corrected chi connectivity index (χ0v) is 10.6. The summed E-state index contributed by atoms with van der Waals surface area (Å²) in [4.78, 5) is 13.7. The number of aliphatic hydroxyl groups excluding tert-OH is 1. The van der Waals surface area contributed by atoms with Crippen LogP contribution in [-0.4, -0.2) is 48.3 Å².